The van der Waals surface area contributed by atoms with Gasteiger partial charge in [-0.1, -0.05) is 71.6 Å². The maximum Gasteiger partial charge on any atom is 0.0299 e. The standard InChI is InChI=1S/C19H35NS/c1-3-5-6-7-8-9-10-11-12-13-16-20-17-19-15-14-18(4-2)21-19/h14-15,20H,3-13,16-17H2,1-2H3. The van der Waals surface area contributed by atoms with Gasteiger partial charge in [0, 0.05) is 16.3 Å². The van der Waals surface area contributed by atoms with Crippen LogP contribution in [0.3, 0.4) is 0 Å². The second kappa shape index (κ2) is 13.3. The number of nitrogens with one attached hydrogen (secondary N) is 1. The molecule has 0 aliphatic heterocycles. The average Bonchev–Trinajstić information content (AvgIpc) is 2.96. The van der Waals surface area contributed by atoms with Gasteiger partial charge in [-0.3, -0.25) is 0 Å². The van der Waals surface area contributed by atoms with E-state index in [0.29, 0.717) is 0 Å². The van der Waals surface area contributed by atoms with Crippen LogP contribution in [0, 0.1) is 0 Å². The number of unbranched alkanes of at least 4 members (excludes halogenated alkanes) is 9. The lowest BCUT2D eigenvalue weighted by atomic mass is 10.1. The average molecular weight is 310 g/mol. The molecule has 1 aromatic rings. The van der Waals surface area contributed by atoms with E-state index in [2.05, 4.69) is 31.3 Å². The van der Waals surface area contributed by atoms with Crippen LogP contribution >= 0.6 is 11.3 Å². The van der Waals surface area contributed by atoms with Crippen molar-refractivity contribution in [2.45, 2.75) is 91.0 Å². The largest absolute Gasteiger partial charge is 0.312 e. The van der Waals surface area contributed by atoms with E-state index in [4.69, 9.17) is 0 Å². The van der Waals surface area contributed by atoms with Gasteiger partial charge in [-0.05, 0) is 31.5 Å². The molecular weight excluding hydrogens is 274 g/mol. The predicted molar refractivity (Wildman–Crippen MR) is 97.2 cm³/mol. The van der Waals surface area contributed by atoms with E-state index in [1.807, 2.05) is 11.3 Å². The van der Waals surface area contributed by atoms with Crippen molar-refractivity contribution in [3.8, 4) is 0 Å². The molecule has 1 N–H and O–H groups in total. The van der Waals surface area contributed by atoms with Gasteiger partial charge in [-0.15, -0.1) is 11.3 Å². The minimum atomic E-state index is 1.06. The Morgan fingerprint density at radius 1 is 0.762 bits per heavy atom. The summed E-state index contributed by atoms with van der Waals surface area (Å²) in [5.41, 5.74) is 0. The fraction of sp³-hybridized carbons (Fsp3) is 0.789. The molecule has 0 amide bonds. The van der Waals surface area contributed by atoms with Gasteiger partial charge in [0.05, 0.1) is 0 Å². The van der Waals surface area contributed by atoms with Crippen LogP contribution < -0.4 is 5.32 Å². The van der Waals surface area contributed by atoms with E-state index < -0.39 is 0 Å². The van der Waals surface area contributed by atoms with E-state index in [9.17, 15) is 0 Å². The van der Waals surface area contributed by atoms with Crippen molar-refractivity contribution in [2.75, 3.05) is 6.54 Å². The van der Waals surface area contributed by atoms with E-state index in [1.165, 1.54) is 86.9 Å². The molecule has 0 atom stereocenters. The summed E-state index contributed by atoms with van der Waals surface area (Å²) < 4.78 is 0. The molecule has 0 aromatic carbocycles. The molecule has 122 valence electrons. The summed E-state index contributed by atoms with van der Waals surface area (Å²) >= 11 is 1.95. The Labute approximate surface area is 136 Å². The van der Waals surface area contributed by atoms with Gasteiger partial charge >= 0.3 is 0 Å². The molecule has 0 spiro atoms. The van der Waals surface area contributed by atoms with Crippen LogP contribution in [0.2, 0.25) is 0 Å². The predicted octanol–water partition coefficient (Wildman–Crippen LogP) is 6.32. The number of thiophene rings is 1. The molecule has 0 saturated carbocycles. The maximum atomic E-state index is 3.57. The number of hydrogen-bond donors (Lipinski definition) is 1. The van der Waals surface area contributed by atoms with Crippen LogP contribution in [0.25, 0.3) is 0 Å². The molecule has 21 heavy (non-hydrogen) atoms. The van der Waals surface area contributed by atoms with Crippen LogP contribution in [-0.4, -0.2) is 6.54 Å². The summed E-state index contributed by atoms with van der Waals surface area (Å²) in [6.07, 6.45) is 15.4. The fourth-order valence-corrected chi connectivity index (χ4v) is 3.58. The molecule has 1 rings (SSSR count). The van der Waals surface area contributed by atoms with Crippen molar-refractivity contribution in [3.63, 3.8) is 0 Å². The second-order valence-corrected chi connectivity index (χ2v) is 7.33. The Morgan fingerprint density at radius 3 is 1.90 bits per heavy atom. The van der Waals surface area contributed by atoms with E-state index in [1.54, 1.807) is 0 Å². The summed E-state index contributed by atoms with van der Waals surface area (Å²) in [5, 5.41) is 3.57. The highest BCUT2D eigenvalue weighted by Crippen LogP contribution is 2.16. The minimum Gasteiger partial charge on any atom is -0.312 e. The maximum absolute atomic E-state index is 3.57. The van der Waals surface area contributed by atoms with Crippen LogP contribution in [0.1, 0.15) is 87.8 Å². The van der Waals surface area contributed by atoms with E-state index in [-0.39, 0.29) is 0 Å². The SMILES string of the molecule is CCCCCCCCCCCCNCc1ccc(CC)s1. The zero-order valence-corrected chi connectivity index (χ0v) is 15.1. The number of hydrogen-bond acceptors (Lipinski definition) is 2. The third-order valence-corrected chi connectivity index (χ3v) is 5.30. The van der Waals surface area contributed by atoms with Crippen molar-refractivity contribution < 1.29 is 0 Å². The molecule has 0 saturated heterocycles. The second-order valence-electron chi connectivity index (χ2n) is 6.08. The zero-order valence-electron chi connectivity index (χ0n) is 14.3. The summed E-state index contributed by atoms with van der Waals surface area (Å²) in [5.74, 6) is 0. The van der Waals surface area contributed by atoms with Crippen molar-refractivity contribution in [1.29, 1.82) is 0 Å². The highest BCUT2D eigenvalue weighted by Gasteiger charge is 1.98. The van der Waals surface area contributed by atoms with Gasteiger partial charge in [-0.25, -0.2) is 0 Å². The molecule has 0 aliphatic carbocycles. The molecule has 1 aromatic heterocycles. The Morgan fingerprint density at radius 2 is 1.33 bits per heavy atom. The number of aryl methyl sites for hydroxylation is 1. The Hall–Kier alpha value is -0.340. The van der Waals surface area contributed by atoms with Crippen LogP contribution in [0.5, 0.6) is 0 Å². The highest BCUT2D eigenvalue weighted by molar-refractivity contribution is 7.11. The van der Waals surface area contributed by atoms with Crippen LogP contribution in [0.4, 0.5) is 0 Å². The molecule has 0 fully saturated rings. The summed E-state index contributed by atoms with van der Waals surface area (Å²) in [4.78, 5) is 2.99. The molecule has 0 aliphatic rings. The lowest BCUT2D eigenvalue weighted by Crippen LogP contribution is -2.13. The minimum absolute atomic E-state index is 1.06. The molecule has 1 nitrogen and oxygen atoms in total. The summed E-state index contributed by atoms with van der Waals surface area (Å²) in [7, 11) is 0. The molecule has 1 heterocycles. The van der Waals surface area contributed by atoms with Gasteiger partial charge in [0.15, 0.2) is 0 Å². The monoisotopic (exact) mass is 309 g/mol. The molecule has 0 radical (unpaired) electrons. The van der Waals surface area contributed by atoms with Gasteiger partial charge < -0.3 is 5.32 Å². The Balaban J connectivity index is 1.80. The fourth-order valence-electron chi connectivity index (χ4n) is 2.66. The first-order valence-electron chi connectivity index (χ1n) is 9.15. The smallest absolute Gasteiger partial charge is 0.0299 e. The normalized spacial score (nSPS) is 11.1. The van der Waals surface area contributed by atoms with Gasteiger partial charge in [0.2, 0.25) is 0 Å². The third kappa shape index (κ3) is 10.1. The summed E-state index contributed by atoms with van der Waals surface area (Å²) in [6.45, 7) is 6.75. The first kappa shape index (κ1) is 18.7. The highest BCUT2D eigenvalue weighted by atomic mass is 32.1. The third-order valence-electron chi connectivity index (χ3n) is 4.07. The van der Waals surface area contributed by atoms with Gasteiger partial charge in [-0.2, -0.15) is 0 Å². The van der Waals surface area contributed by atoms with Crippen molar-refractivity contribution in [3.05, 3.63) is 21.9 Å². The van der Waals surface area contributed by atoms with Gasteiger partial charge in [0.25, 0.3) is 0 Å². The van der Waals surface area contributed by atoms with E-state index in [0.717, 1.165) is 6.54 Å². The molecule has 0 bridgehead atoms. The molecular formula is C19H35NS. The van der Waals surface area contributed by atoms with Crippen molar-refractivity contribution >= 4 is 11.3 Å². The van der Waals surface area contributed by atoms with E-state index >= 15 is 0 Å². The topological polar surface area (TPSA) is 12.0 Å². The lowest BCUT2D eigenvalue weighted by molar-refractivity contribution is 0.544. The summed E-state index contributed by atoms with van der Waals surface area (Å²) in [6, 6.07) is 4.54. The first-order chi connectivity index (χ1) is 10.4. The Bertz CT molecular complexity index is 332. The molecule has 2 heteroatoms. The van der Waals surface area contributed by atoms with Gasteiger partial charge in [0.1, 0.15) is 0 Å². The lowest BCUT2D eigenvalue weighted by Gasteiger charge is -2.04. The molecule has 0 unspecified atom stereocenters. The first-order valence-corrected chi connectivity index (χ1v) is 9.96. The van der Waals surface area contributed by atoms with Crippen LogP contribution in [-0.2, 0) is 13.0 Å². The Kier molecular flexibility index (Phi) is 11.9. The zero-order chi connectivity index (χ0) is 15.2. The van der Waals surface area contributed by atoms with Crippen molar-refractivity contribution in [2.24, 2.45) is 0 Å². The quantitative estimate of drug-likeness (QED) is 0.396. The number of rotatable bonds is 14. The van der Waals surface area contributed by atoms with Crippen LogP contribution in [0.15, 0.2) is 12.1 Å². The van der Waals surface area contributed by atoms with Crippen molar-refractivity contribution in [1.82, 2.24) is 5.32 Å².